The molecule has 0 unspecified atom stereocenters. The molecule has 0 aliphatic carbocycles. The maximum atomic E-state index is 13.2. The molecule has 150 valence electrons. The van der Waals surface area contributed by atoms with E-state index >= 15 is 0 Å². The van der Waals surface area contributed by atoms with E-state index in [1.165, 1.54) is 12.1 Å². The van der Waals surface area contributed by atoms with Gasteiger partial charge in [-0.05, 0) is 63.7 Å². The Labute approximate surface area is 165 Å². The Hall–Kier alpha value is -1.15. The molecule has 2 heterocycles. The van der Waals surface area contributed by atoms with E-state index in [1.54, 1.807) is 18.9 Å². The smallest absolute Gasteiger partial charge is 0.237 e. The molecule has 2 aliphatic heterocycles. The van der Waals surface area contributed by atoms with Crippen LogP contribution in [0.3, 0.4) is 0 Å². The third-order valence-corrected chi connectivity index (χ3v) is 6.70. The highest BCUT2D eigenvalue weighted by Gasteiger charge is 2.41. The largest absolute Gasteiger partial charge is 0.383 e. The zero-order chi connectivity index (χ0) is 19.2. The Morgan fingerprint density at radius 2 is 2.00 bits per heavy atom. The highest BCUT2D eigenvalue weighted by Crippen LogP contribution is 2.35. The maximum Gasteiger partial charge on any atom is 0.237 e. The van der Waals surface area contributed by atoms with Crippen LogP contribution in [-0.2, 0) is 9.53 Å². The van der Waals surface area contributed by atoms with Crippen molar-refractivity contribution in [2.75, 3.05) is 46.9 Å². The van der Waals surface area contributed by atoms with E-state index in [1.807, 2.05) is 12.1 Å². The molecule has 3 rings (SSSR count). The minimum atomic E-state index is -0.214. The molecule has 0 radical (unpaired) electrons. The molecule has 2 atom stereocenters. The molecule has 5 nitrogen and oxygen atoms in total. The van der Waals surface area contributed by atoms with Gasteiger partial charge >= 0.3 is 0 Å². The van der Waals surface area contributed by atoms with Gasteiger partial charge in [0.15, 0.2) is 0 Å². The number of amides is 1. The van der Waals surface area contributed by atoms with E-state index in [2.05, 4.69) is 22.2 Å². The lowest BCUT2D eigenvalue weighted by Gasteiger charge is -2.37. The first-order valence-corrected chi connectivity index (χ1v) is 10.6. The predicted molar refractivity (Wildman–Crippen MR) is 107 cm³/mol. The Kier molecular flexibility index (Phi) is 7.52. The molecular weight excluding hydrogens is 365 g/mol. The van der Waals surface area contributed by atoms with Crippen LogP contribution in [0.1, 0.15) is 19.3 Å². The number of nitrogens with one attached hydrogen (secondary N) is 1. The van der Waals surface area contributed by atoms with Crippen molar-refractivity contribution in [2.45, 2.75) is 41.5 Å². The molecule has 2 fully saturated rings. The number of benzene rings is 1. The monoisotopic (exact) mass is 395 g/mol. The standard InChI is InChI=1S/C20H30FN3O2S/c1-23-10-7-16(8-11-23)24-14-18(27-17-5-3-15(21)4-6-17)13-19(24)20(25)22-9-12-26-2/h3-6,16,18-19H,7-14H2,1-2H3,(H,22,25)/t18-,19+/m1/s1. The average Bonchev–Trinajstić information content (AvgIpc) is 3.08. The number of carbonyl (C=O) groups is 1. The van der Waals surface area contributed by atoms with Crippen LogP contribution in [0.25, 0.3) is 0 Å². The molecule has 1 N–H and O–H groups in total. The fourth-order valence-electron chi connectivity index (χ4n) is 3.99. The predicted octanol–water partition coefficient (Wildman–Crippen LogP) is 2.22. The summed E-state index contributed by atoms with van der Waals surface area (Å²) in [5, 5.41) is 3.36. The van der Waals surface area contributed by atoms with Gasteiger partial charge in [0, 0.05) is 36.4 Å². The van der Waals surface area contributed by atoms with E-state index < -0.39 is 0 Å². The number of nitrogens with zero attached hydrogens (tertiary/aromatic N) is 2. The Bertz CT molecular complexity index is 608. The summed E-state index contributed by atoms with van der Waals surface area (Å²) < 4.78 is 18.2. The van der Waals surface area contributed by atoms with Gasteiger partial charge in [-0.15, -0.1) is 11.8 Å². The molecule has 0 spiro atoms. The zero-order valence-electron chi connectivity index (χ0n) is 16.2. The SMILES string of the molecule is COCCNC(=O)[C@@H]1C[C@@H](Sc2ccc(F)cc2)CN1C1CCN(C)CC1. The van der Waals surface area contributed by atoms with E-state index in [0.29, 0.717) is 24.4 Å². The number of likely N-dealkylation sites (tertiary alicyclic amines) is 2. The number of hydrogen-bond donors (Lipinski definition) is 1. The van der Waals surface area contributed by atoms with Crippen molar-refractivity contribution in [2.24, 2.45) is 0 Å². The van der Waals surface area contributed by atoms with Crippen LogP contribution in [0.5, 0.6) is 0 Å². The number of ether oxygens (including phenoxy) is 1. The highest BCUT2D eigenvalue weighted by molar-refractivity contribution is 8.00. The van der Waals surface area contributed by atoms with Crippen molar-refractivity contribution >= 4 is 17.7 Å². The molecule has 0 bridgehead atoms. The topological polar surface area (TPSA) is 44.8 Å². The van der Waals surface area contributed by atoms with Crippen molar-refractivity contribution in [1.29, 1.82) is 0 Å². The van der Waals surface area contributed by atoms with Crippen LogP contribution in [-0.4, -0.2) is 80.0 Å². The molecule has 1 aromatic carbocycles. The van der Waals surface area contributed by atoms with Crippen molar-refractivity contribution in [3.05, 3.63) is 30.1 Å². The molecule has 1 aromatic rings. The zero-order valence-corrected chi connectivity index (χ0v) is 17.0. The lowest BCUT2D eigenvalue weighted by atomic mass is 10.0. The van der Waals surface area contributed by atoms with Crippen LogP contribution in [0.4, 0.5) is 4.39 Å². The van der Waals surface area contributed by atoms with Gasteiger partial charge in [-0.25, -0.2) is 4.39 Å². The summed E-state index contributed by atoms with van der Waals surface area (Å²) in [4.78, 5) is 18.6. The lowest BCUT2D eigenvalue weighted by Crippen LogP contribution is -2.51. The first kappa shape index (κ1) is 20.6. The van der Waals surface area contributed by atoms with E-state index in [9.17, 15) is 9.18 Å². The third kappa shape index (κ3) is 5.67. The summed E-state index contributed by atoms with van der Waals surface area (Å²) in [5.74, 6) is -0.109. The van der Waals surface area contributed by atoms with Crippen LogP contribution in [0.15, 0.2) is 29.2 Å². The number of halogens is 1. The quantitative estimate of drug-likeness (QED) is 0.718. The summed E-state index contributed by atoms with van der Waals surface area (Å²) in [6.07, 6.45) is 3.03. The number of piperidine rings is 1. The number of hydrogen-bond acceptors (Lipinski definition) is 5. The third-order valence-electron chi connectivity index (χ3n) is 5.48. The Balaban J connectivity index is 1.65. The van der Waals surface area contributed by atoms with E-state index in [4.69, 9.17) is 4.74 Å². The number of carbonyl (C=O) groups excluding carboxylic acids is 1. The fourth-order valence-corrected chi connectivity index (χ4v) is 5.20. The summed E-state index contributed by atoms with van der Waals surface area (Å²) >= 11 is 1.75. The van der Waals surface area contributed by atoms with Gasteiger partial charge in [0.05, 0.1) is 12.6 Å². The Morgan fingerprint density at radius 1 is 1.30 bits per heavy atom. The average molecular weight is 396 g/mol. The van der Waals surface area contributed by atoms with Crippen LogP contribution < -0.4 is 5.32 Å². The molecule has 0 saturated carbocycles. The molecular formula is C20H30FN3O2S. The second kappa shape index (κ2) is 9.87. The number of rotatable bonds is 7. The summed E-state index contributed by atoms with van der Waals surface area (Å²) in [6.45, 7) is 4.13. The Morgan fingerprint density at radius 3 is 2.67 bits per heavy atom. The lowest BCUT2D eigenvalue weighted by molar-refractivity contribution is -0.126. The summed E-state index contributed by atoms with van der Waals surface area (Å²) in [6, 6.07) is 7.02. The molecule has 1 amide bonds. The van der Waals surface area contributed by atoms with Gasteiger partial charge < -0.3 is 15.0 Å². The molecule has 27 heavy (non-hydrogen) atoms. The van der Waals surface area contributed by atoms with Crippen molar-refractivity contribution in [3.63, 3.8) is 0 Å². The first-order valence-electron chi connectivity index (χ1n) is 9.70. The van der Waals surface area contributed by atoms with Gasteiger partial charge in [-0.3, -0.25) is 9.69 Å². The van der Waals surface area contributed by atoms with Crippen molar-refractivity contribution in [3.8, 4) is 0 Å². The first-order chi connectivity index (χ1) is 13.1. The highest BCUT2D eigenvalue weighted by atomic mass is 32.2. The normalized spacial score (nSPS) is 25.0. The maximum absolute atomic E-state index is 13.2. The van der Waals surface area contributed by atoms with E-state index in [-0.39, 0.29) is 17.8 Å². The van der Waals surface area contributed by atoms with Gasteiger partial charge in [0.25, 0.3) is 0 Å². The van der Waals surface area contributed by atoms with Crippen molar-refractivity contribution < 1.29 is 13.9 Å². The second-order valence-corrected chi connectivity index (χ2v) is 8.83. The van der Waals surface area contributed by atoms with Gasteiger partial charge in [-0.1, -0.05) is 0 Å². The van der Waals surface area contributed by atoms with Crippen LogP contribution in [0, 0.1) is 5.82 Å². The number of methoxy groups -OCH3 is 1. The van der Waals surface area contributed by atoms with Crippen LogP contribution >= 0.6 is 11.8 Å². The van der Waals surface area contributed by atoms with Crippen LogP contribution in [0.2, 0.25) is 0 Å². The van der Waals surface area contributed by atoms with Crippen molar-refractivity contribution in [1.82, 2.24) is 15.1 Å². The number of thioether (sulfide) groups is 1. The molecule has 7 heteroatoms. The van der Waals surface area contributed by atoms with Gasteiger partial charge in [-0.2, -0.15) is 0 Å². The molecule has 2 saturated heterocycles. The fraction of sp³-hybridized carbons (Fsp3) is 0.650. The van der Waals surface area contributed by atoms with Gasteiger partial charge in [0.1, 0.15) is 5.82 Å². The molecule has 0 aromatic heterocycles. The minimum Gasteiger partial charge on any atom is -0.383 e. The van der Waals surface area contributed by atoms with E-state index in [0.717, 1.165) is 43.8 Å². The molecule has 2 aliphatic rings. The summed E-state index contributed by atoms with van der Waals surface area (Å²) in [5.41, 5.74) is 0. The minimum absolute atomic E-state index is 0.0896. The summed E-state index contributed by atoms with van der Waals surface area (Å²) in [7, 11) is 3.80. The second-order valence-electron chi connectivity index (χ2n) is 7.46. The van der Waals surface area contributed by atoms with Gasteiger partial charge in [0.2, 0.25) is 5.91 Å².